The molecule has 0 unspecified atom stereocenters. The summed E-state index contributed by atoms with van der Waals surface area (Å²) in [5, 5.41) is 12.7. The van der Waals surface area contributed by atoms with E-state index in [0.29, 0.717) is 11.3 Å². The number of ether oxygens (including phenoxy) is 2. The first kappa shape index (κ1) is 23.7. The zero-order chi connectivity index (χ0) is 24.2. The van der Waals surface area contributed by atoms with Gasteiger partial charge in [0.15, 0.2) is 14.6 Å². The van der Waals surface area contributed by atoms with E-state index in [1.165, 1.54) is 29.7 Å². The summed E-state index contributed by atoms with van der Waals surface area (Å²) in [7, 11) is -4.10. The third kappa shape index (κ3) is 4.37. The molecule has 0 saturated carbocycles. The summed E-state index contributed by atoms with van der Waals surface area (Å²) in [6.45, 7) is 0.614. The maximum Gasteiger partial charge on any atom is 0.265 e. The van der Waals surface area contributed by atoms with Crippen molar-refractivity contribution in [1.29, 1.82) is 0 Å². The number of hydrogen-bond acceptors (Lipinski definition) is 7. The summed E-state index contributed by atoms with van der Waals surface area (Å²) in [5.74, 6) is -0.790. The van der Waals surface area contributed by atoms with Crippen LogP contribution in [0.25, 0.3) is 10.9 Å². The van der Waals surface area contributed by atoms with Crippen molar-refractivity contribution >= 4 is 32.6 Å². The first-order valence-corrected chi connectivity index (χ1v) is 12.2. The molecule has 0 spiro atoms. The van der Waals surface area contributed by atoms with Crippen LogP contribution in [0, 0.1) is 0 Å². The first-order valence-electron chi connectivity index (χ1n) is 10.7. The molecule has 3 aromatic rings. The van der Waals surface area contributed by atoms with Gasteiger partial charge in [0, 0.05) is 30.3 Å². The number of aromatic amines is 1. The van der Waals surface area contributed by atoms with E-state index < -0.39 is 20.5 Å². The molecule has 4 N–H and O–H groups in total. The number of sulfone groups is 1. The molecular formula is C23H25N3O7S. The maximum absolute atomic E-state index is 13.2. The van der Waals surface area contributed by atoms with E-state index in [9.17, 15) is 18.0 Å². The molecule has 10 nitrogen and oxygen atoms in total. The number of benzene rings is 2. The fraction of sp³-hybridized carbons (Fsp3) is 0.304. The molecule has 0 radical (unpaired) electrons. The highest BCUT2D eigenvalue weighted by molar-refractivity contribution is 7.93. The van der Waals surface area contributed by atoms with Gasteiger partial charge in [-0.05, 0) is 43.2 Å². The van der Waals surface area contributed by atoms with Crippen LogP contribution in [0.5, 0.6) is 5.75 Å². The second-order valence-corrected chi connectivity index (χ2v) is 10.1. The van der Waals surface area contributed by atoms with E-state index in [1.54, 1.807) is 6.20 Å². The summed E-state index contributed by atoms with van der Waals surface area (Å²) >= 11 is 0. The molecule has 1 aromatic heterocycles. The topological polar surface area (TPSA) is 147 Å². The average molecular weight is 488 g/mol. The van der Waals surface area contributed by atoms with Crippen molar-refractivity contribution in [2.45, 2.75) is 22.5 Å². The standard InChI is InChI=1S/C23H25N3O7S/c27-21(19-15-25-20-4-2-1-3-18(19)20)24-11-14-33-16-5-7-17(8-6-16)34(30,31)23(22(28)26-29)9-12-32-13-10-23/h1-8,15,25,29H,9-14H2,(H,24,27)(H,26,28). The van der Waals surface area contributed by atoms with E-state index >= 15 is 0 Å². The lowest BCUT2D eigenvalue weighted by Crippen LogP contribution is -2.54. The van der Waals surface area contributed by atoms with E-state index in [1.807, 2.05) is 24.3 Å². The predicted octanol–water partition coefficient (Wildman–Crippen LogP) is 1.81. The van der Waals surface area contributed by atoms with Crippen LogP contribution in [0.3, 0.4) is 0 Å². The molecule has 1 saturated heterocycles. The molecule has 180 valence electrons. The van der Waals surface area contributed by atoms with Crippen LogP contribution in [-0.2, 0) is 19.4 Å². The van der Waals surface area contributed by atoms with Gasteiger partial charge in [-0.25, -0.2) is 13.9 Å². The van der Waals surface area contributed by atoms with Crippen molar-refractivity contribution in [2.75, 3.05) is 26.4 Å². The van der Waals surface area contributed by atoms with Gasteiger partial charge in [-0.1, -0.05) is 18.2 Å². The lowest BCUT2D eigenvalue weighted by atomic mass is 9.98. The molecule has 2 heterocycles. The number of nitrogens with one attached hydrogen (secondary N) is 3. The minimum absolute atomic E-state index is 0.0574. The van der Waals surface area contributed by atoms with Crippen molar-refractivity contribution in [1.82, 2.24) is 15.8 Å². The minimum Gasteiger partial charge on any atom is -0.492 e. The van der Waals surface area contributed by atoms with E-state index in [0.717, 1.165) is 10.9 Å². The fourth-order valence-electron chi connectivity index (χ4n) is 4.05. The van der Waals surface area contributed by atoms with Gasteiger partial charge >= 0.3 is 0 Å². The molecular weight excluding hydrogens is 462 g/mol. The largest absolute Gasteiger partial charge is 0.492 e. The van der Waals surface area contributed by atoms with Crippen molar-refractivity contribution in [2.24, 2.45) is 0 Å². The highest BCUT2D eigenvalue weighted by atomic mass is 32.2. The summed E-state index contributed by atoms with van der Waals surface area (Å²) in [4.78, 5) is 27.7. The summed E-state index contributed by atoms with van der Waals surface area (Å²) in [6, 6.07) is 13.2. The Bertz CT molecular complexity index is 1280. The molecule has 1 aliphatic rings. The van der Waals surface area contributed by atoms with Gasteiger partial charge in [-0.15, -0.1) is 0 Å². The number of fused-ring (bicyclic) bond motifs is 1. The minimum atomic E-state index is -4.10. The zero-order valence-corrected chi connectivity index (χ0v) is 19.1. The number of rotatable bonds is 8. The number of hydroxylamine groups is 1. The molecule has 34 heavy (non-hydrogen) atoms. The molecule has 0 aliphatic carbocycles. The third-order valence-electron chi connectivity index (χ3n) is 5.95. The molecule has 0 bridgehead atoms. The number of aromatic nitrogens is 1. The second-order valence-electron chi connectivity index (χ2n) is 7.87. The normalized spacial score (nSPS) is 15.6. The lowest BCUT2D eigenvalue weighted by Gasteiger charge is -2.34. The number of carbonyl (C=O) groups is 2. The van der Waals surface area contributed by atoms with Crippen LogP contribution in [0.2, 0.25) is 0 Å². The number of carbonyl (C=O) groups excluding carboxylic acids is 2. The van der Waals surface area contributed by atoms with Crippen LogP contribution in [0.1, 0.15) is 23.2 Å². The van der Waals surface area contributed by atoms with Crippen LogP contribution >= 0.6 is 0 Å². The van der Waals surface area contributed by atoms with Crippen molar-refractivity contribution < 1.29 is 32.7 Å². The third-order valence-corrected chi connectivity index (χ3v) is 8.47. The summed E-state index contributed by atoms with van der Waals surface area (Å²) in [6.07, 6.45) is 1.54. The lowest BCUT2D eigenvalue weighted by molar-refractivity contribution is -0.134. The van der Waals surface area contributed by atoms with Crippen LogP contribution in [0.15, 0.2) is 59.6 Å². The van der Waals surface area contributed by atoms with Gasteiger partial charge in [0.25, 0.3) is 11.8 Å². The highest BCUT2D eigenvalue weighted by Gasteiger charge is 2.52. The second kappa shape index (κ2) is 9.84. The fourth-order valence-corrected chi connectivity index (χ4v) is 5.99. The Morgan fingerprint density at radius 1 is 1.09 bits per heavy atom. The molecule has 2 aromatic carbocycles. The van der Waals surface area contributed by atoms with Gasteiger partial charge in [0.1, 0.15) is 12.4 Å². The monoisotopic (exact) mass is 487 g/mol. The Balaban J connectivity index is 1.36. The zero-order valence-electron chi connectivity index (χ0n) is 18.2. The van der Waals surface area contributed by atoms with E-state index in [2.05, 4.69) is 10.3 Å². The highest BCUT2D eigenvalue weighted by Crippen LogP contribution is 2.35. The molecule has 4 rings (SSSR count). The molecule has 0 atom stereocenters. The summed E-state index contributed by atoms with van der Waals surface area (Å²) in [5.41, 5.74) is 2.91. The Morgan fingerprint density at radius 3 is 2.50 bits per heavy atom. The van der Waals surface area contributed by atoms with E-state index in [4.69, 9.17) is 14.7 Å². The number of hydrogen-bond donors (Lipinski definition) is 4. The van der Waals surface area contributed by atoms with Gasteiger partial charge in [-0.3, -0.25) is 14.8 Å². The number of para-hydroxylation sites is 1. The molecule has 1 fully saturated rings. The van der Waals surface area contributed by atoms with Crippen molar-refractivity contribution in [3.63, 3.8) is 0 Å². The number of amides is 2. The van der Waals surface area contributed by atoms with Crippen LogP contribution in [0.4, 0.5) is 0 Å². The van der Waals surface area contributed by atoms with Gasteiger partial charge in [-0.2, -0.15) is 0 Å². The Kier molecular flexibility index (Phi) is 6.87. The molecule has 1 aliphatic heterocycles. The van der Waals surface area contributed by atoms with Crippen molar-refractivity contribution in [3.8, 4) is 5.75 Å². The number of H-pyrrole nitrogens is 1. The van der Waals surface area contributed by atoms with Crippen LogP contribution in [-0.4, -0.2) is 61.5 Å². The molecule has 2 amide bonds. The predicted molar refractivity (Wildman–Crippen MR) is 122 cm³/mol. The Morgan fingerprint density at radius 2 is 1.79 bits per heavy atom. The van der Waals surface area contributed by atoms with Gasteiger partial charge < -0.3 is 19.8 Å². The smallest absolute Gasteiger partial charge is 0.265 e. The average Bonchev–Trinajstić information content (AvgIpc) is 3.31. The SMILES string of the molecule is O=C(NCCOc1ccc(S(=O)(=O)C2(C(=O)NO)CCOCC2)cc1)c1c[nH]c2ccccc12. The van der Waals surface area contributed by atoms with Gasteiger partial charge in [0.2, 0.25) is 0 Å². The van der Waals surface area contributed by atoms with E-state index in [-0.39, 0.29) is 50.0 Å². The van der Waals surface area contributed by atoms with Gasteiger partial charge in [0.05, 0.1) is 17.0 Å². The maximum atomic E-state index is 13.2. The first-order chi connectivity index (χ1) is 16.4. The Labute approximate surface area is 196 Å². The quantitative estimate of drug-likeness (QED) is 0.215. The van der Waals surface area contributed by atoms with Crippen molar-refractivity contribution in [3.05, 3.63) is 60.3 Å². The Hall–Kier alpha value is -3.41. The van der Waals surface area contributed by atoms with Crippen LogP contribution < -0.4 is 15.5 Å². The summed E-state index contributed by atoms with van der Waals surface area (Å²) < 4.78 is 35.5. The molecule has 11 heteroatoms.